The van der Waals surface area contributed by atoms with Crippen molar-refractivity contribution < 1.29 is 24.2 Å². The van der Waals surface area contributed by atoms with Crippen LogP contribution in [-0.2, 0) is 19.8 Å². The van der Waals surface area contributed by atoms with E-state index in [0.717, 1.165) is 16.0 Å². The predicted molar refractivity (Wildman–Crippen MR) is 162 cm³/mol. The third-order valence-corrected chi connectivity index (χ3v) is 9.79. The maximum absolute atomic E-state index is 14.2. The van der Waals surface area contributed by atoms with Crippen molar-refractivity contribution in [1.82, 2.24) is 20.2 Å². The number of aromatic nitrogens is 2. The van der Waals surface area contributed by atoms with E-state index < -0.39 is 35.0 Å². The van der Waals surface area contributed by atoms with Crippen LogP contribution in [0.15, 0.2) is 84.8 Å². The monoisotopic (exact) mass is 594 g/mol. The van der Waals surface area contributed by atoms with E-state index >= 15 is 0 Å². The summed E-state index contributed by atoms with van der Waals surface area (Å²) in [6.45, 7) is 3.88. The standard InChI is InChI=1S/C33H30N4O5S/c1-2-20-18-33(20,31(40)41)36-28(38)25-17-22(19-37(25)30(39)32(14-15-32)21-9-4-3-5-10-21)42-29-27(26-13-8-16-43-26)34-23-11-6-7-12-24(23)35-29/h2-13,16,20,22,25H,1,14-15,17-19H2,(H,36,38)(H,40,41)/t20-,22-,25+,33-/m1/s1. The summed E-state index contributed by atoms with van der Waals surface area (Å²) in [5, 5.41) is 14.7. The number of fused-ring (bicyclic) bond motifs is 1. The number of benzene rings is 2. The van der Waals surface area contributed by atoms with Gasteiger partial charge < -0.3 is 20.1 Å². The molecule has 0 radical (unpaired) electrons. The molecule has 2 N–H and O–H groups in total. The smallest absolute Gasteiger partial charge is 0.330 e. The Morgan fingerprint density at radius 3 is 2.37 bits per heavy atom. The highest BCUT2D eigenvalue weighted by molar-refractivity contribution is 7.13. The fourth-order valence-corrected chi connectivity index (χ4v) is 6.96. The van der Waals surface area contributed by atoms with Gasteiger partial charge in [0.15, 0.2) is 0 Å². The van der Waals surface area contributed by atoms with Gasteiger partial charge in [0.05, 0.1) is 27.9 Å². The van der Waals surface area contributed by atoms with Crippen molar-refractivity contribution in [2.45, 2.75) is 48.8 Å². The summed E-state index contributed by atoms with van der Waals surface area (Å²) < 4.78 is 6.50. The number of thiophene rings is 1. The molecule has 3 aliphatic rings. The van der Waals surface area contributed by atoms with Gasteiger partial charge in [0, 0.05) is 12.3 Å². The van der Waals surface area contributed by atoms with Gasteiger partial charge in [-0.2, -0.15) is 0 Å². The molecule has 0 unspecified atom stereocenters. The van der Waals surface area contributed by atoms with Crippen LogP contribution in [0.1, 0.15) is 31.2 Å². The molecular formula is C33H30N4O5S. The van der Waals surface area contributed by atoms with Crippen LogP contribution in [0.4, 0.5) is 0 Å². The summed E-state index contributed by atoms with van der Waals surface area (Å²) in [7, 11) is 0. The molecule has 1 saturated heterocycles. The lowest BCUT2D eigenvalue weighted by molar-refractivity contribution is -0.145. The SMILES string of the molecule is C=C[C@@H]1C[C@]1(NC(=O)[C@@H]1C[C@@H](Oc2nc3ccccc3nc2-c2cccs2)CN1C(=O)C1(c2ccccc2)CC1)C(=O)O. The van der Waals surface area contributed by atoms with Gasteiger partial charge in [-0.15, -0.1) is 17.9 Å². The van der Waals surface area contributed by atoms with E-state index in [0.29, 0.717) is 29.9 Å². The summed E-state index contributed by atoms with van der Waals surface area (Å²) in [5.41, 5.74) is 0.815. The average molecular weight is 595 g/mol. The summed E-state index contributed by atoms with van der Waals surface area (Å²) >= 11 is 1.52. The number of nitrogens with zero attached hydrogens (tertiary/aromatic N) is 3. The van der Waals surface area contributed by atoms with Crippen LogP contribution in [0.3, 0.4) is 0 Å². The predicted octanol–water partition coefficient (Wildman–Crippen LogP) is 4.58. The van der Waals surface area contributed by atoms with Crippen LogP contribution in [-0.4, -0.2) is 62.0 Å². The molecule has 4 aromatic rings. The molecule has 1 aliphatic heterocycles. The van der Waals surface area contributed by atoms with Gasteiger partial charge in [-0.25, -0.2) is 14.8 Å². The molecule has 218 valence electrons. The largest absolute Gasteiger partial charge is 0.479 e. The summed E-state index contributed by atoms with van der Waals surface area (Å²) in [4.78, 5) is 52.3. The van der Waals surface area contributed by atoms with Gasteiger partial charge in [-0.05, 0) is 48.4 Å². The van der Waals surface area contributed by atoms with Crippen LogP contribution in [0.2, 0.25) is 0 Å². The first-order valence-corrected chi connectivity index (χ1v) is 15.2. The van der Waals surface area contributed by atoms with Gasteiger partial charge in [0.2, 0.25) is 17.7 Å². The second-order valence-electron chi connectivity index (χ2n) is 11.6. The minimum absolute atomic E-state index is 0.145. The second kappa shape index (κ2) is 10.3. The first kappa shape index (κ1) is 27.3. The number of nitrogens with one attached hydrogen (secondary N) is 1. The number of carbonyl (C=O) groups is 3. The molecular weight excluding hydrogens is 564 g/mol. The molecule has 3 heterocycles. The van der Waals surface area contributed by atoms with Crippen LogP contribution in [0.5, 0.6) is 5.88 Å². The lowest BCUT2D eigenvalue weighted by atomic mass is 9.94. The highest BCUT2D eigenvalue weighted by atomic mass is 32.1. The number of aliphatic carboxylic acids is 1. The average Bonchev–Trinajstić information content (AvgIpc) is 3.85. The number of carboxylic acid groups (broad SMARTS) is 1. The molecule has 4 atom stereocenters. The zero-order valence-electron chi connectivity index (χ0n) is 23.3. The van der Waals surface area contributed by atoms with E-state index in [2.05, 4.69) is 11.9 Å². The Kier molecular flexibility index (Phi) is 6.54. The summed E-state index contributed by atoms with van der Waals surface area (Å²) in [6, 6.07) is 20.1. The first-order valence-electron chi connectivity index (χ1n) is 14.4. The third kappa shape index (κ3) is 4.66. The topological polar surface area (TPSA) is 122 Å². The Balaban J connectivity index is 1.22. The zero-order valence-corrected chi connectivity index (χ0v) is 24.1. The van der Waals surface area contributed by atoms with E-state index in [1.54, 1.807) is 11.0 Å². The molecule has 9 nitrogen and oxygen atoms in total. The molecule has 2 aromatic carbocycles. The maximum atomic E-state index is 14.2. The van der Waals surface area contributed by atoms with Crippen molar-refractivity contribution in [2.75, 3.05) is 6.54 Å². The molecule has 10 heteroatoms. The zero-order chi connectivity index (χ0) is 29.8. The van der Waals surface area contributed by atoms with Crippen molar-refractivity contribution in [3.8, 4) is 16.5 Å². The highest BCUT2D eigenvalue weighted by Gasteiger charge is 2.62. The van der Waals surface area contributed by atoms with Crippen molar-refractivity contribution >= 4 is 40.2 Å². The number of hydrogen-bond acceptors (Lipinski definition) is 7. The van der Waals surface area contributed by atoms with Gasteiger partial charge in [0.1, 0.15) is 23.4 Å². The molecule has 7 rings (SSSR count). The molecule has 3 fully saturated rings. The van der Waals surface area contributed by atoms with Crippen molar-refractivity contribution in [2.24, 2.45) is 5.92 Å². The van der Waals surface area contributed by atoms with Crippen LogP contribution >= 0.6 is 11.3 Å². The highest BCUT2D eigenvalue weighted by Crippen LogP contribution is 2.51. The number of carbonyl (C=O) groups excluding carboxylic acids is 2. The Hall–Kier alpha value is -4.57. The van der Waals surface area contributed by atoms with Gasteiger partial charge in [0.25, 0.3) is 0 Å². The van der Waals surface area contributed by atoms with Gasteiger partial charge in [-0.3, -0.25) is 9.59 Å². The van der Waals surface area contributed by atoms with Crippen molar-refractivity contribution in [3.63, 3.8) is 0 Å². The fraction of sp³-hybridized carbons (Fsp3) is 0.303. The summed E-state index contributed by atoms with van der Waals surface area (Å²) in [6.07, 6.45) is 2.82. The minimum Gasteiger partial charge on any atom is -0.479 e. The first-order chi connectivity index (χ1) is 20.8. The molecule has 0 bridgehead atoms. The van der Waals surface area contributed by atoms with Crippen LogP contribution < -0.4 is 10.1 Å². The Morgan fingerprint density at radius 1 is 1.02 bits per heavy atom. The second-order valence-corrected chi connectivity index (χ2v) is 12.5. The number of para-hydroxylation sites is 2. The fourth-order valence-electron chi connectivity index (χ4n) is 6.26. The number of likely N-dealkylation sites (tertiary alicyclic amines) is 1. The Bertz CT molecular complexity index is 1740. The van der Waals surface area contributed by atoms with Crippen molar-refractivity contribution in [1.29, 1.82) is 0 Å². The van der Waals surface area contributed by atoms with Gasteiger partial charge in [-0.1, -0.05) is 54.6 Å². The molecule has 2 amide bonds. The van der Waals surface area contributed by atoms with Gasteiger partial charge >= 0.3 is 5.97 Å². The van der Waals surface area contributed by atoms with Crippen molar-refractivity contribution in [3.05, 3.63) is 90.3 Å². The number of amides is 2. The van der Waals surface area contributed by atoms with E-state index in [-0.39, 0.29) is 31.2 Å². The normalized spacial score (nSPS) is 25.2. The third-order valence-electron chi connectivity index (χ3n) is 8.91. The molecule has 2 saturated carbocycles. The number of ether oxygens (including phenoxy) is 1. The van der Waals surface area contributed by atoms with E-state index in [1.165, 1.54) is 11.3 Å². The van der Waals surface area contributed by atoms with E-state index in [1.807, 2.05) is 72.1 Å². The Morgan fingerprint density at radius 2 is 1.74 bits per heavy atom. The lowest BCUT2D eigenvalue weighted by Crippen LogP contribution is -2.54. The number of hydrogen-bond donors (Lipinski definition) is 2. The van der Waals surface area contributed by atoms with Crippen LogP contribution in [0, 0.1) is 5.92 Å². The molecule has 2 aliphatic carbocycles. The number of carboxylic acids is 1. The molecule has 2 aromatic heterocycles. The minimum atomic E-state index is -1.40. The maximum Gasteiger partial charge on any atom is 0.330 e. The van der Waals surface area contributed by atoms with Crippen LogP contribution in [0.25, 0.3) is 21.6 Å². The number of rotatable bonds is 9. The lowest BCUT2D eigenvalue weighted by Gasteiger charge is -2.29. The molecule has 43 heavy (non-hydrogen) atoms. The Labute approximate surface area is 252 Å². The quantitative estimate of drug-likeness (QED) is 0.272. The molecule has 0 spiro atoms. The van der Waals surface area contributed by atoms with E-state index in [9.17, 15) is 19.5 Å². The summed E-state index contributed by atoms with van der Waals surface area (Å²) in [5.74, 6) is -1.79. The van der Waals surface area contributed by atoms with E-state index in [4.69, 9.17) is 14.7 Å².